The number of halogens is 1. The molecule has 0 N–H and O–H groups in total. The average Bonchev–Trinajstić information content (AvgIpc) is 2.77. The van der Waals surface area contributed by atoms with Crippen LogP contribution in [0.1, 0.15) is 34.5 Å². The van der Waals surface area contributed by atoms with Crippen LogP contribution in [0.5, 0.6) is 5.75 Å². The smallest absolute Gasteiger partial charge is 0.175 e. The van der Waals surface area contributed by atoms with Crippen molar-refractivity contribution < 1.29 is 31.2 Å². The van der Waals surface area contributed by atoms with Gasteiger partial charge in [-0.1, -0.05) is 24.3 Å². The van der Waals surface area contributed by atoms with Gasteiger partial charge in [0.15, 0.2) is 18.6 Å². The molecule has 0 aliphatic carbocycles. The molecule has 1 aromatic heterocycles. The van der Waals surface area contributed by atoms with E-state index >= 15 is 0 Å². The Morgan fingerprint density at radius 1 is 0.931 bits per heavy atom. The summed E-state index contributed by atoms with van der Waals surface area (Å²) in [7, 11) is 1.67. The maximum absolute atomic E-state index is 10.8. The molecule has 0 saturated carbocycles. The molecule has 0 radical (unpaired) electrons. The number of aromatic nitrogens is 1. The van der Waals surface area contributed by atoms with Crippen molar-refractivity contribution in [3.05, 3.63) is 95.8 Å². The second-order valence-electron chi connectivity index (χ2n) is 6.47. The van der Waals surface area contributed by atoms with Gasteiger partial charge in [0.2, 0.25) is 0 Å². The minimum absolute atomic E-state index is 0. The van der Waals surface area contributed by atoms with Gasteiger partial charge in [-0.3, -0.25) is 4.79 Å². The average molecular weight is 410 g/mol. The monoisotopic (exact) mass is 409 g/mol. The van der Waals surface area contributed by atoms with Crippen molar-refractivity contribution in [2.45, 2.75) is 19.1 Å². The highest BCUT2D eigenvalue weighted by atomic mass is 35.5. The molecule has 0 amide bonds. The Balaban J connectivity index is 0.00000300. The quantitative estimate of drug-likeness (QED) is 0.419. The van der Waals surface area contributed by atoms with Crippen molar-refractivity contribution in [1.82, 2.24) is 0 Å². The number of hydrogen-bond acceptors (Lipinski definition) is 3. The zero-order valence-corrected chi connectivity index (χ0v) is 17.2. The number of carbonyl (C=O) groups is 1. The van der Waals surface area contributed by atoms with Crippen molar-refractivity contribution in [3.63, 3.8) is 0 Å². The Hall–Kier alpha value is -2.95. The first-order valence-corrected chi connectivity index (χ1v) is 9.18. The van der Waals surface area contributed by atoms with Crippen LogP contribution in [0.3, 0.4) is 0 Å². The highest BCUT2D eigenvalue weighted by molar-refractivity contribution is 5.74. The lowest BCUT2D eigenvalue weighted by atomic mass is 10.0. The van der Waals surface area contributed by atoms with E-state index in [4.69, 9.17) is 9.47 Å². The summed E-state index contributed by atoms with van der Waals surface area (Å²) in [6.07, 6.45) is 8.44. The second-order valence-corrected chi connectivity index (χ2v) is 6.47. The van der Waals surface area contributed by atoms with E-state index < -0.39 is 0 Å². The van der Waals surface area contributed by atoms with Crippen molar-refractivity contribution in [1.29, 1.82) is 0 Å². The summed E-state index contributed by atoms with van der Waals surface area (Å²) in [4.78, 5) is 10.8. The summed E-state index contributed by atoms with van der Waals surface area (Å²) in [5, 5.41) is 0. The second kappa shape index (κ2) is 11.1. The number of benzene rings is 2. The fourth-order valence-electron chi connectivity index (χ4n) is 2.85. The molecule has 0 bridgehead atoms. The van der Waals surface area contributed by atoms with E-state index in [-0.39, 0.29) is 24.6 Å². The van der Waals surface area contributed by atoms with E-state index in [2.05, 4.69) is 18.2 Å². The fraction of sp³-hybridized carbons (Fsp3) is 0.167. The molecule has 2 atom stereocenters. The molecular formula is C24H24ClNO3. The van der Waals surface area contributed by atoms with E-state index in [0.717, 1.165) is 17.4 Å². The van der Waals surface area contributed by atoms with Gasteiger partial charge in [0.05, 0.1) is 6.10 Å². The van der Waals surface area contributed by atoms with E-state index in [9.17, 15) is 4.79 Å². The van der Waals surface area contributed by atoms with Gasteiger partial charge in [-0.25, -0.2) is 0 Å². The Morgan fingerprint density at radius 2 is 1.66 bits per heavy atom. The van der Waals surface area contributed by atoms with Crippen LogP contribution in [0.25, 0.3) is 12.3 Å². The van der Waals surface area contributed by atoms with Gasteiger partial charge in [0.25, 0.3) is 0 Å². The first kappa shape index (κ1) is 22.3. The number of hydrogen-bond donors (Lipinski definition) is 0. The number of aldehydes is 1. The molecular weight excluding hydrogens is 386 g/mol. The lowest BCUT2D eigenvalue weighted by molar-refractivity contribution is -0.567. The summed E-state index contributed by atoms with van der Waals surface area (Å²) < 4.78 is 13.7. The highest BCUT2D eigenvalue weighted by Gasteiger charge is 2.21. The molecule has 4 nitrogen and oxygen atoms in total. The SMILES string of the molecule is COC(C)C(Oc1ccc(C=O)cc1)c1cccc(C=C[n+]2ccccc2)c1.[Cl-]. The number of pyridine rings is 1. The lowest BCUT2D eigenvalue weighted by Gasteiger charge is -2.25. The molecule has 3 rings (SSSR count). The minimum atomic E-state index is -0.273. The third-order valence-electron chi connectivity index (χ3n) is 4.49. The molecule has 5 heteroatoms. The summed E-state index contributed by atoms with van der Waals surface area (Å²) >= 11 is 0. The zero-order valence-electron chi connectivity index (χ0n) is 16.4. The summed E-state index contributed by atoms with van der Waals surface area (Å²) in [5.74, 6) is 0.695. The fourth-order valence-corrected chi connectivity index (χ4v) is 2.85. The van der Waals surface area contributed by atoms with Crippen molar-refractivity contribution in [3.8, 4) is 5.75 Å². The molecule has 150 valence electrons. The van der Waals surface area contributed by atoms with Crippen LogP contribution in [0, 0.1) is 0 Å². The molecule has 2 unspecified atom stereocenters. The van der Waals surface area contributed by atoms with Crippen LogP contribution in [0.15, 0.2) is 79.1 Å². The predicted octanol–water partition coefficient (Wildman–Crippen LogP) is 1.57. The van der Waals surface area contributed by atoms with E-state index in [1.165, 1.54) is 0 Å². The van der Waals surface area contributed by atoms with Crippen LogP contribution in [0.2, 0.25) is 0 Å². The first-order valence-electron chi connectivity index (χ1n) is 9.18. The molecule has 0 spiro atoms. The van der Waals surface area contributed by atoms with E-state index in [0.29, 0.717) is 11.3 Å². The number of methoxy groups -OCH3 is 1. The number of nitrogens with zero attached hydrogens (tertiary/aromatic N) is 1. The normalized spacial score (nSPS) is 12.8. The minimum Gasteiger partial charge on any atom is -1.00 e. The molecule has 29 heavy (non-hydrogen) atoms. The molecule has 0 aliphatic heterocycles. The zero-order chi connectivity index (χ0) is 19.8. The highest BCUT2D eigenvalue weighted by Crippen LogP contribution is 2.27. The largest absolute Gasteiger partial charge is 1.00 e. The van der Waals surface area contributed by atoms with E-state index in [1.807, 2.05) is 60.4 Å². The first-order chi connectivity index (χ1) is 13.7. The molecule has 0 aliphatic rings. The Labute approximate surface area is 177 Å². The predicted molar refractivity (Wildman–Crippen MR) is 110 cm³/mol. The lowest BCUT2D eigenvalue weighted by Crippen LogP contribution is -3.00. The molecule has 0 fully saturated rings. The van der Waals surface area contributed by atoms with Gasteiger partial charge in [-0.2, -0.15) is 4.57 Å². The van der Waals surface area contributed by atoms with Crippen molar-refractivity contribution in [2.75, 3.05) is 7.11 Å². The topological polar surface area (TPSA) is 39.4 Å². The van der Waals surface area contributed by atoms with Crippen molar-refractivity contribution in [2.24, 2.45) is 0 Å². The molecule has 2 aromatic carbocycles. The van der Waals surface area contributed by atoms with Crippen LogP contribution in [-0.4, -0.2) is 19.5 Å². The Kier molecular flexibility index (Phi) is 8.59. The van der Waals surface area contributed by atoms with Crippen LogP contribution in [-0.2, 0) is 4.74 Å². The van der Waals surface area contributed by atoms with Crippen LogP contribution < -0.4 is 21.7 Å². The van der Waals surface area contributed by atoms with Gasteiger partial charge in [0.1, 0.15) is 18.1 Å². The maximum Gasteiger partial charge on any atom is 0.175 e. The van der Waals surface area contributed by atoms with Crippen LogP contribution >= 0.6 is 0 Å². The third kappa shape index (κ3) is 6.28. The van der Waals surface area contributed by atoms with Gasteiger partial charge < -0.3 is 21.9 Å². The number of rotatable bonds is 8. The molecule has 3 aromatic rings. The van der Waals surface area contributed by atoms with Gasteiger partial charge in [0, 0.05) is 30.9 Å². The molecule has 0 saturated heterocycles. The standard InChI is InChI=1S/C24H24NO3.ClH/c1-19(27-2)24(28-23-11-9-21(18-26)10-12-23)22-8-6-7-20(17-22)13-16-25-14-4-3-5-15-25;/h3-19,24H,1-2H3;1H/q+1;/p-1. The van der Waals surface area contributed by atoms with Crippen LogP contribution in [0.4, 0.5) is 0 Å². The summed E-state index contributed by atoms with van der Waals surface area (Å²) in [6.45, 7) is 1.98. The van der Waals surface area contributed by atoms with Gasteiger partial charge >= 0.3 is 0 Å². The summed E-state index contributed by atoms with van der Waals surface area (Å²) in [6, 6.07) is 21.2. The Morgan fingerprint density at radius 3 is 2.31 bits per heavy atom. The third-order valence-corrected chi connectivity index (χ3v) is 4.49. The van der Waals surface area contributed by atoms with Gasteiger partial charge in [-0.05, 0) is 48.4 Å². The van der Waals surface area contributed by atoms with Crippen molar-refractivity contribution >= 4 is 18.6 Å². The van der Waals surface area contributed by atoms with E-state index in [1.54, 1.807) is 31.4 Å². The number of carbonyl (C=O) groups excluding carboxylic acids is 1. The Bertz CT molecular complexity index is 926. The maximum atomic E-state index is 10.8. The number of ether oxygens (including phenoxy) is 2. The molecule has 1 heterocycles. The van der Waals surface area contributed by atoms with Gasteiger partial charge in [-0.15, -0.1) is 0 Å². The summed E-state index contributed by atoms with van der Waals surface area (Å²) in [5.41, 5.74) is 2.71.